The molecule has 0 heterocycles. The van der Waals surface area contributed by atoms with Crippen LogP contribution in [0.3, 0.4) is 0 Å². The minimum absolute atomic E-state index is 0.137. The summed E-state index contributed by atoms with van der Waals surface area (Å²) in [5.74, 6) is 0. The van der Waals surface area contributed by atoms with Gasteiger partial charge in [0.25, 0.3) is 5.69 Å². The standard InChI is InChI=1S/C7H8.C6H5NO2.C6H6/c1-7-5-3-2-4-6-7;8-7(9)6-4-2-1-3-5-6;1-2-4-6-5-3-1/h2-6H,1H3;1-5H;1-6H. The number of para-hydroxylation sites is 1. The number of aryl methyl sites for hydroxylation is 1. The molecule has 0 saturated carbocycles. The fourth-order valence-corrected chi connectivity index (χ4v) is 1.47. The van der Waals surface area contributed by atoms with Crippen LogP contribution in [0.15, 0.2) is 97.1 Å². The lowest BCUT2D eigenvalue weighted by Crippen LogP contribution is -1.84. The molecule has 0 amide bonds. The molecule has 0 N–H and O–H groups in total. The Hall–Kier alpha value is -2.94. The zero-order valence-electron chi connectivity index (χ0n) is 12.5. The molecule has 22 heavy (non-hydrogen) atoms. The first-order valence-corrected chi connectivity index (χ1v) is 6.91. The van der Waals surface area contributed by atoms with Gasteiger partial charge in [-0.15, -0.1) is 0 Å². The van der Waals surface area contributed by atoms with E-state index in [1.165, 1.54) is 17.7 Å². The molecule has 3 heteroatoms. The average Bonchev–Trinajstić information content (AvgIpc) is 2.59. The molecule has 3 aromatic rings. The Bertz CT molecular complexity index is 599. The van der Waals surface area contributed by atoms with Crippen LogP contribution in [0.1, 0.15) is 5.56 Å². The van der Waals surface area contributed by atoms with Crippen LogP contribution in [0.4, 0.5) is 5.69 Å². The summed E-state index contributed by atoms with van der Waals surface area (Å²) >= 11 is 0. The third kappa shape index (κ3) is 8.27. The Morgan fingerprint density at radius 2 is 0.955 bits per heavy atom. The van der Waals surface area contributed by atoms with Crippen LogP contribution in [0.25, 0.3) is 0 Å². The van der Waals surface area contributed by atoms with Crippen LogP contribution in [0.5, 0.6) is 0 Å². The third-order valence-corrected chi connectivity index (χ3v) is 2.57. The number of non-ortho nitro benzene ring substituents is 1. The van der Waals surface area contributed by atoms with Crippen molar-refractivity contribution in [3.05, 3.63) is 113 Å². The van der Waals surface area contributed by atoms with Crippen LogP contribution < -0.4 is 0 Å². The second-order valence-electron chi connectivity index (χ2n) is 4.40. The number of nitrogens with zero attached hydrogens (tertiary/aromatic N) is 1. The maximum Gasteiger partial charge on any atom is 0.269 e. The number of hydrogen-bond donors (Lipinski definition) is 0. The van der Waals surface area contributed by atoms with E-state index in [4.69, 9.17) is 0 Å². The van der Waals surface area contributed by atoms with Crippen molar-refractivity contribution in [2.45, 2.75) is 6.92 Å². The quantitative estimate of drug-likeness (QED) is 0.452. The zero-order valence-corrected chi connectivity index (χ0v) is 12.5. The first-order chi connectivity index (χ1) is 10.7. The SMILES string of the molecule is Cc1ccccc1.O=[N+]([O-])c1ccccc1.c1ccccc1. The van der Waals surface area contributed by atoms with Crippen LogP contribution in [-0.2, 0) is 0 Å². The molecule has 0 aliphatic carbocycles. The van der Waals surface area contributed by atoms with Crippen LogP contribution in [0.2, 0.25) is 0 Å². The predicted molar refractivity (Wildman–Crippen MR) is 90.7 cm³/mol. The maximum atomic E-state index is 10.0. The smallest absolute Gasteiger partial charge is 0.258 e. The van der Waals surface area contributed by atoms with Gasteiger partial charge in [0.2, 0.25) is 0 Å². The Kier molecular flexibility index (Phi) is 8.40. The molecule has 3 nitrogen and oxygen atoms in total. The predicted octanol–water partition coefficient (Wildman–Crippen LogP) is 5.28. The van der Waals surface area contributed by atoms with Gasteiger partial charge in [0.1, 0.15) is 0 Å². The summed E-state index contributed by atoms with van der Waals surface area (Å²) in [7, 11) is 0. The third-order valence-electron chi connectivity index (χ3n) is 2.57. The van der Waals surface area contributed by atoms with Crippen molar-refractivity contribution in [2.75, 3.05) is 0 Å². The second-order valence-corrected chi connectivity index (χ2v) is 4.40. The first-order valence-electron chi connectivity index (χ1n) is 6.91. The molecule has 0 radical (unpaired) electrons. The summed E-state index contributed by atoms with van der Waals surface area (Å²) < 4.78 is 0. The van der Waals surface area contributed by atoms with Gasteiger partial charge in [-0.1, -0.05) is 90.5 Å². The van der Waals surface area contributed by atoms with E-state index in [-0.39, 0.29) is 5.69 Å². The lowest BCUT2D eigenvalue weighted by molar-refractivity contribution is -0.384. The summed E-state index contributed by atoms with van der Waals surface area (Å²) in [5, 5.41) is 10.0. The van der Waals surface area contributed by atoms with Crippen molar-refractivity contribution >= 4 is 5.69 Å². The summed E-state index contributed by atoms with van der Waals surface area (Å²) in [6, 6.07) is 30.2. The number of nitro groups is 1. The van der Waals surface area contributed by atoms with E-state index >= 15 is 0 Å². The van der Waals surface area contributed by atoms with Gasteiger partial charge in [0.05, 0.1) is 4.92 Å². The van der Waals surface area contributed by atoms with Crippen LogP contribution in [-0.4, -0.2) is 4.92 Å². The van der Waals surface area contributed by atoms with Crippen molar-refractivity contribution < 1.29 is 4.92 Å². The second kappa shape index (κ2) is 10.8. The molecule has 0 aliphatic rings. The highest BCUT2D eigenvalue weighted by atomic mass is 16.6. The van der Waals surface area contributed by atoms with E-state index in [9.17, 15) is 10.1 Å². The molecule has 0 spiro atoms. The van der Waals surface area contributed by atoms with E-state index < -0.39 is 4.92 Å². The van der Waals surface area contributed by atoms with Crippen molar-refractivity contribution in [1.29, 1.82) is 0 Å². The minimum Gasteiger partial charge on any atom is -0.258 e. The summed E-state index contributed by atoms with van der Waals surface area (Å²) in [4.78, 5) is 9.59. The Balaban J connectivity index is 0.000000169. The Morgan fingerprint density at radius 1 is 0.636 bits per heavy atom. The van der Waals surface area contributed by atoms with Crippen molar-refractivity contribution in [2.24, 2.45) is 0 Å². The van der Waals surface area contributed by atoms with Crippen molar-refractivity contribution in [3.63, 3.8) is 0 Å². The topological polar surface area (TPSA) is 43.1 Å². The number of benzene rings is 3. The van der Waals surface area contributed by atoms with Crippen molar-refractivity contribution in [3.8, 4) is 0 Å². The number of rotatable bonds is 1. The lowest BCUT2D eigenvalue weighted by atomic mass is 10.2. The molecule has 0 atom stereocenters. The Morgan fingerprint density at radius 3 is 1.18 bits per heavy atom. The number of nitro benzene ring substituents is 1. The van der Waals surface area contributed by atoms with Gasteiger partial charge >= 0.3 is 0 Å². The number of hydrogen-bond acceptors (Lipinski definition) is 2. The average molecular weight is 293 g/mol. The molecule has 0 bridgehead atoms. The molecule has 0 saturated heterocycles. The van der Waals surface area contributed by atoms with Gasteiger partial charge in [-0.2, -0.15) is 0 Å². The molecule has 3 aromatic carbocycles. The van der Waals surface area contributed by atoms with Gasteiger partial charge in [-0.05, 0) is 6.92 Å². The van der Waals surface area contributed by atoms with Crippen LogP contribution in [0, 0.1) is 17.0 Å². The minimum atomic E-state index is -0.417. The van der Waals surface area contributed by atoms with Gasteiger partial charge in [-0.3, -0.25) is 10.1 Å². The van der Waals surface area contributed by atoms with Gasteiger partial charge in [-0.25, -0.2) is 0 Å². The molecular weight excluding hydrogens is 274 g/mol. The molecule has 0 aliphatic heterocycles. The highest BCUT2D eigenvalue weighted by Crippen LogP contribution is 2.06. The zero-order chi connectivity index (χ0) is 16.0. The highest BCUT2D eigenvalue weighted by molar-refractivity contribution is 5.28. The van der Waals surface area contributed by atoms with E-state index in [0.717, 1.165) is 0 Å². The first kappa shape index (κ1) is 17.1. The lowest BCUT2D eigenvalue weighted by Gasteiger charge is -1.85. The molecule has 0 aromatic heterocycles. The van der Waals surface area contributed by atoms with E-state index in [2.05, 4.69) is 19.1 Å². The highest BCUT2D eigenvalue weighted by Gasteiger charge is 1.98. The van der Waals surface area contributed by atoms with E-state index in [0.29, 0.717) is 0 Å². The molecule has 0 unspecified atom stereocenters. The molecule has 0 fully saturated rings. The maximum absolute atomic E-state index is 10.0. The van der Waals surface area contributed by atoms with Crippen molar-refractivity contribution in [1.82, 2.24) is 0 Å². The fraction of sp³-hybridized carbons (Fsp3) is 0.0526. The summed E-state index contributed by atoms with van der Waals surface area (Å²) in [6.07, 6.45) is 0. The molecule has 3 rings (SSSR count). The monoisotopic (exact) mass is 293 g/mol. The summed E-state index contributed by atoms with van der Waals surface area (Å²) in [6.45, 7) is 2.08. The van der Waals surface area contributed by atoms with Gasteiger partial charge < -0.3 is 0 Å². The fourth-order valence-electron chi connectivity index (χ4n) is 1.47. The van der Waals surface area contributed by atoms with Crippen LogP contribution >= 0.6 is 0 Å². The van der Waals surface area contributed by atoms with Gasteiger partial charge in [0, 0.05) is 12.1 Å². The molecular formula is C19H19NO2. The van der Waals surface area contributed by atoms with E-state index in [1.54, 1.807) is 18.2 Å². The largest absolute Gasteiger partial charge is 0.269 e. The van der Waals surface area contributed by atoms with E-state index in [1.807, 2.05) is 54.6 Å². The van der Waals surface area contributed by atoms with Gasteiger partial charge in [0.15, 0.2) is 0 Å². The summed E-state index contributed by atoms with van der Waals surface area (Å²) in [5.41, 5.74) is 1.46. The molecule has 112 valence electrons. The Labute approximate surface area is 131 Å². The normalized spacial score (nSPS) is 8.59.